The summed E-state index contributed by atoms with van der Waals surface area (Å²) in [4.78, 5) is 2.46. The minimum atomic E-state index is 0.365. The second-order valence-electron chi connectivity index (χ2n) is 5.09. The molecule has 0 saturated carbocycles. The quantitative estimate of drug-likeness (QED) is 0.916. The van der Waals surface area contributed by atoms with Crippen molar-refractivity contribution in [3.63, 3.8) is 0 Å². The van der Waals surface area contributed by atoms with E-state index in [9.17, 15) is 0 Å². The largest absolute Gasteiger partial charge is 0.327 e. The lowest BCUT2D eigenvalue weighted by Gasteiger charge is -2.36. The number of rotatable bonds is 3. The fraction of sp³-hybridized carbons (Fsp3) is 0.571. The molecule has 0 aliphatic carbocycles. The van der Waals surface area contributed by atoms with Crippen molar-refractivity contribution in [1.29, 1.82) is 0 Å². The Morgan fingerprint density at radius 2 is 2.28 bits per heavy atom. The van der Waals surface area contributed by atoms with Gasteiger partial charge in [0.1, 0.15) is 0 Å². The van der Waals surface area contributed by atoms with E-state index in [4.69, 9.17) is 17.3 Å². The molecule has 1 aromatic rings. The number of nitrogens with zero attached hydrogens (tertiary/aromatic N) is 1. The van der Waals surface area contributed by atoms with Gasteiger partial charge in [-0.25, -0.2) is 0 Å². The van der Waals surface area contributed by atoms with Gasteiger partial charge < -0.3 is 5.73 Å². The van der Waals surface area contributed by atoms with Gasteiger partial charge in [-0.05, 0) is 42.6 Å². The number of halogens is 2. The molecule has 0 spiro atoms. The van der Waals surface area contributed by atoms with Crippen molar-refractivity contribution in [2.24, 2.45) is 11.7 Å². The molecular weight excluding hydrogens is 312 g/mol. The first kappa shape index (κ1) is 14.3. The number of benzene rings is 1. The minimum absolute atomic E-state index is 0.365. The first-order chi connectivity index (χ1) is 8.60. The van der Waals surface area contributed by atoms with Crippen LogP contribution in [0.1, 0.15) is 25.3 Å². The number of hydrogen-bond acceptors (Lipinski definition) is 2. The Morgan fingerprint density at radius 3 is 3.00 bits per heavy atom. The Hall–Kier alpha value is -0.0900. The highest BCUT2D eigenvalue weighted by molar-refractivity contribution is 9.10. The third-order valence-corrected chi connectivity index (χ3v) is 4.66. The van der Waals surface area contributed by atoms with Gasteiger partial charge in [0.2, 0.25) is 0 Å². The number of hydrogen-bond donors (Lipinski definition) is 1. The van der Waals surface area contributed by atoms with Crippen LogP contribution >= 0.6 is 27.5 Å². The number of nitrogens with two attached hydrogens (primary N) is 1. The molecule has 0 bridgehead atoms. The lowest BCUT2D eigenvalue weighted by Crippen LogP contribution is -2.46. The smallest absolute Gasteiger partial charge is 0.0451 e. The van der Waals surface area contributed by atoms with Gasteiger partial charge >= 0.3 is 0 Å². The molecule has 4 heteroatoms. The van der Waals surface area contributed by atoms with Crippen LogP contribution in [0.25, 0.3) is 0 Å². The molecule has 2 unspecified atom stereocenters. The van der Waals surface area contributed by atoms with Crippen LogP contribution in [0.2, 0.25) is 5.02 Å². The molecule has 1 aliphatic heterocycles. The van der Waals surface area contributed by atoms with E-state index in [2.05, 4.69) is 33.8 Å². The van der Waals surface area contributed by atoms with Crippen LogP contribution in [0.5, 0.6) is 0 Å². The Balaban J connectivity index is 2.03. The van der Waals surface area contributed by atoms with Crippen molar-refractivity contribution >= 4 is 27.5 Å². The summed E-state index contributed by atoms with van der Waals surface area (Å²) in [7, 11) is 0. The van der Waals surface area contributed by atoms with E-state index in [1.807, 2.05) is 12.1 Å². The molecule has 100 valence electrons. The third kappa shape index (κ3) is 3.47. The fourth-order valence-electron chi connectivity index (χ4n) is 2.61. The standard InChI is InChI=1S/C14H20BrClN2/c1-2-10-8-18(6-5-14(10)17)9-11-7-12(15)3-4-13(11)16/h3-4,7,10,14H,2,5-6,8-9,17H2,1H3. The lowest BCUT2D eigenvalue weighted by atomic mass is 9.90. The van der Waals surface area contributed by atoms with Crippen molar-refractivity contribution in [3.05, 3.63) is 33.3 Å². The Labute approximate surface area is 123 Å². The van der Waals surface area contributed by atoms with Crippen LogP contribution in [0.15, 0.2) is 22.7 Å². The maximum Gasteiger partial charge on any atom is 0.0451 e. The van der Waals surface area contributed by atoms with Crippen LogP contribution in [-0.2, 0) is 6.54 Å². The summed E-state index contributed by atoms with van der Waals surface area (Å²) < 4.78 is 1.09. The average molecular weight is 332 g/mol. The van der Waals surface area contributed by atoms with E-state index in [1.165, 1.54) is 5.56 Å². The number of likely N-dealkylation sites (tertiary alicyclic amines) is 1. The molecule has 1 fully saturated rings. The van der Waals surface area contributed by atoms with E-state index in [0.717, 1.165) is 42.0 Å². The predicted molar refractivity (Wildman–Crippen MR) is 80.8 cm³/mol. The highest BCUT2D eigenvalue weighted by atomic mass is 79.9. The SMILES string of the molecule is CCC1CN(Cc2cc(Br)ccc2Cl)CCC1N. The van der Waals surface area contributed by atoms with Gasteiger partial charge in [0, 0.05) is 28.6 Å². The predicted octanol–water partition coefficient (Wildman–Crippen LogP) is 3.66. The van der Waals surface area contributed by atoms with Crippen molar-refractivity contribution in [3.8, 4) is 0 Å². The number of piperidine rings is 1. The van der Waals surface area contributed by atoms with E-state index in [-0.39, 0.29) is 0 Å². The average Bonchev–Trinajstić information content (AvgIpc) is 2.36. The second kappa shape index (κ2) is 6.38. The van der Waals surface area contributed by atoms with Gasteiger partial charge in [0.25, 0.3) is 0 Å². The van der Waals surface area contributed by atoms with Gasteiger partial charge in [-0.1, -0.05) is 40.9 Å². The summed E-state index contributed by atoms with van der Waals surface area (Å²) in [6.45, 7) is 5.29. The van der Waals surface area contributed by atoms with Gasteiger partial charge in [-0.2, -0.15) is 0 Å². The maximum absolute atomic E-state index is 6.24. The second-order valence-corrected chi connectivity index (χ2v) is 6.41. The van der Waals surface area contributed by atoms with E-state index in [1.54, 1.807) is 0 Å². The summed E-state index contributed by atoms with van der Waals surface area (Å²) in [5, 5.41) is 0.848. The van der Waals surface area contributed by atoms with Crippen molar-refractivity contribution in [2.75, 3.05) is 13.1 Å². The molecule has 1 heterocycles. The molecule has 18 heavy (non-hydrogen) atoms. The van der Waals surface area contributed by atoms with Crippen LogP contribution in [-0.4, -0.2) is 24.0 Å². The van der Waals surface area contributed by atoms with Crippen LogP contribution in [0.3, 0.4) is 0 Å². The van der Waals surface area contributed by atoms with Gasteiger partial charge in [-0.15, -0.1) is 0 Å². The topological polar surface area (TPSA) is 29.3 Å². The molecule has 1 aromatic carbocycles. The third-order valence-electron chi connectivity index (χ3n) is 3.80. The molecule has 2 nitrogen and oxygen atoms in total. The Kier molecular flexibility index (Phi) is 5.07. The van der Waals surface area contributed by atoms with E-state index in [0.29, 0.717) is 12.0 Å². The van der Waals surface area contributed by atoms with Crippen LogP contribution in [0.4, 0.5) is 0 Å². The van der Waals surface area contributed by atoms with Gasteiger partial charge in [0.15, 0.2) is 0 Å². The molecule has 2 atom stereocenters. The first-order valence-electron chi connectivity index (χ1n) is 6.52. The van der Waals surface area contributed by atoms with Crippen LogP contribution in [0, 0.1) is 5.92 Å². The highest BCUT2D eigenvalue weighted by Gasteiger charge is 2.25. The summed E-state index contributed by atoms with van der Waals surface area (Å²) >= 11 is 9.74. The zero-order valence-electron chi connectivity index (χ0n) is 10.7. The van der Waals surface area contributed by atoms with Crippen molar-refractivity contribution < 1.29 is 0 Å². The van der Waals surface area contributed by atoms with E-state index >= 15 is 0 Å². The molecule has 1 saturated heterocycles. The monoisotopic (exact) mass is 330 g/mol. The lowest BCUT2D eigenvalue weighted by molar-refractivity contribution is 0.145. The maximum atomic E-state index is 6.24. The molecule has 1 aliphatic rings. The summed E-state index contributed by atoms with van der Waals surface area (Å²) in [5.41, 5.74) is 7.33. The van der Waals surface area contributed by atoms with Crippen molar-refractivity contribution in [1.82, 2.24) is 4.90 Å². The molecule has 2 rings (SSSR count). The van der Waals surface area contributed by atoms with Crippen molar-refractivity contribution in [2.45, 2.75) is 32.4 Å². The Morgan fingerprint density at radius 1 is 1.50 bits per heavy atom. The first-order valence-corrected chi connectivity index (χ1v) is 7.69. The molecule has 0 amide bonds. The van der Waals surface area contributed by atoms with Crippen LogP contribution < -0.4 is 5.73 Å². The molecule has 0 radical (unpaired) electrons. The fourth-order valence-corrected chi connectivity index (χ4v) is 3.19. The zero-order valence-corrected chi connectivity index (χ0v) is 13.0. The normalized spacial score (nSPS) is 25.3. The zero-order chi connectivity index (χ0) is 13.1. The molecule has 0 aromatic heterocycles. The molecular formula is C14H20BrClN2. The summed E-state index contributed by atoms with van der Waals surface area (Å²) in [6, 6.07) is 6.41. The van der Waals surface area contributed by atoms with Gasteiger partial charge in [-0.3, -0.25) is 4.90 Å². The molecule has 2 N–H and O–H groups in total. The Bertz CT molecular complexity index is 411. The summed E-state index contributed by atoms with van der Waals surface area (Å²) in [5.74, 6) is 0.615. The minimum Gasteiger partial charge on any atom is -0.327 e. The summed E-state index contributed by atoms with van der Waals surface area (Å²) in [6.07, 6.45) is 2.24. The van der Waals surface area contributed by atoms with Gasteiger partial charge in [0.05, 0.1) is 0 Å². The van der Waals surface area contributed by atoms with E-state index < -0.39 is 0 Å². The highest BCUT2D eigenvalue weighted by Crippen LogP contribution is 2.25.